The minimum atomic E-state index is -0.766. The van der Waals surface area contributed by atoms with Crippen molar-refractivity contribution in [3.8, 4) is 0 Å². The summed E-state index contributed by atoms with van der Waals surface area (Å²) in [5, 5.41) is 26.7. The molecule has 136 valence electrons. The highest BCUT2D eigenvalue weighted by Gasteiger charge is 2.21. The van der Waals surface area contributed by atoms with Gasteiger partial charge in [0.1, 0.15) is 0 Å². The third-order valence-corrected chi connectivity index (χ3v) is 4.22. The molecule has 27 heavy (non-hydrogen) atoms. The van der Waals surface area contributed by atoms with Gasteiger partial charge in [0.05, 0.1) is 27.5 Å². The Morgan fingerprint density at radius 2 is 1.52 bits per heavy atom. The summed E-state index contributed by atoms with van der Waals surface area (Å²) < 4.78 is 0. The molecule has 0 radical (unpaired) electrons. The molecule has 0 fully saturated rings. The highest BCUT2D eigenvalue weighted by molar-refractivity contribution is 5.96. The van der Waals surface area contributed by atoms with Crippen molar-refractivity contribution in [2.75, 3.05) is 0 Å². The van der Waals surface area contributed by atoms with Crippen LogP contribution < -0.4 is 5.32 Å². The molecular weight excluding hydrogens is 350 g/mol. The highest BCUT2D eigenvalue weighted by Crippen LogP contribution is 2.26. The average molecular weight is 365 g/mol. The first kappa shape index (κ1) is 18.0. The number of hydrogen-bond donors (Lipinski definition) is 1. The summed E-state index contributed by atoms with van der Waals surface area (Å²) in [6.07, 6.45) is 0. The lowest BCUT2D eigenvalue weighted by atomic mass is 9.99. The van der Waals surface area contributed by atoms with Gasteiger partial charge in [-0.25, -0.2) is 0 Å². The molecule has 0 heterocycles. The van der Waals surface area contributed by atoms with Gasteiger partial charge < -0.3 is 5.32 Å². The number of amides is 1. The zero-order chi connectivity index (χ0) is 19.6. The minimum Gasteiger partial charge on any atom is -0.345 e. The molecule has 1 N–H and O–H groups in total. The van der Waals surface area contributed by atoms with E-state index in [-0.39, 0.29) is 5.56 Å². The van der Waals surface area contributed by atoms with Crippen LogP contribution in [-0.2, 0) is 0 Å². The number of rotatable bonds is 5. The molecule has 0 saturated carbocycles. The molecule has 1 amide bonds. The first-order chi connectivity index (χ1) is 12.9. The third-order valence-electron chi connectivity index (χ3n) is 4.22. The maximum absolute atomic E-state index is 12.6. The van der Waals surface area contributed by atoms with Gasteiger partial charge in [-0.2, -0.15) is 0 Å². The Morgan fingerprint density at radius 1 is 0.926 bits per heavy atom. The van der Waals surface area contributed by atoms with Gasteiger partial charge >= 0.3 is 0 Å². The van der Waals surface area contributed by atoms with E-state index in [0.29, 0.717) is 0 Å². The van der Waals surface area contributed by atoms with Crippen LogP contribution in [0.15, 0.2) is 60.7 Å². The van der Waals surface area contributed by atoms with Crippen molar-refractivity contribution in [2.24, 2.45) is 0 Å². The lowest BCUT2D eigenvalue weighted by Gasteiger charge is -2.16. The van der Waals surface area contributed by atoms with E-state index in [1.807, 2.05) is 42.5 Å². The lowest BCUT2D eigenvalue weighted by molar-refractivity contribution is -0.394. The Labute approximate surface area is 153 Å². The quantitative estimate of drug-likeness (QED) is 0.539. The monoisotopic (exact) mass is 365 g/mol. The summed E-state index contributed by atoms with van der Waals surface area (Å²) in [7, 11) is 0. The van der Waals surface area contributed by atoms with Crippen LogP contribution in [0, 0.1) is 20.2 Å². The van der Waals surface area contributed by atoms with Crippen LogP contribution in [0.25, 0.3) is 10.8 Å². The number of carbonyl (C=O) groups is 1. The summed E-state index contributed by atoms with van der Waals surface area (Å²) in [6.45, 7) is 1.78. The van der Waals surface area contributed by atoms with Crippen molar-refractivity contribution >= 4 is 28.1 Å². The van der Waals surface area contributed by atoms with Gasteiger partial charge in [0, 0.05) is 12.1 Å². The van der Waals surface area contributed by atoms with Crippen LogP contribution >= 0.6 is 0 Å². The molecule has 0 spiro atoms. The summed E-state index contributed by atoms with van der Waals surface area (Å²) in [4.78, 5) is 33.0. The summed E-state index contributed by atoms with van der Waals surface area (Å²) in [5.74, 6) is -0.623. The molecule has 0 unspecified atom stereocenters. The van der Waals surface area contributed by atoms with Gasteiger partial charge in [0.15, 0.2) is 0 Å². The predicted molar refractivity (Wildman–Crippen MR) is 99.6 cm³/mol. The van der Waals surface area contributed by atoms with Crippen LogP contribution in [-0.4, -0.2) is 15.8 Å². The Morgan fingerprint density at radius 3 is 2.15 bits per heavy atom. The first-order valence-electron chi connectivity index (χ1n) is 8.09. The zero-order valence-corrected chi connectivity index (χ0v) is 14.3. The van der Waals surface area contributed by atoms with Crippen LogP contribution in [0.1, 0.15) is 28.9 Å². The van der Waals surface area contributed by atoms with Crippen molar-refractivity contribution < 1.29 is 14.6 Å². The first-order valence-corrected chi connectivity index (χ1v) is 8.09. The van der Waals surface area contributed by atoms with E-state index in [4.69, 9.17) is 0 Å². The van der Waals surface area contributed by atoms with Gasteiger partial charge in [0.25, 0.3) is 17.3 Å². The van der Waals surface area contributed by atoms with E-state index in [9.17, 15) is 25.0 Å². The number of carbonyl (C=O) groups excluding carboxylic acids is 1. The second kappa shape index (κ2) is 7.20. The van der Waals surface area contributed by atoms with E-state index in [2.05, 4.69) is 5.32 Å². The molecule has 3 rings (SSSR count). The van der Waals surface area contributed by atoms with Crippen molar-refractivity contribution in [3.05, 3.63) is 92.0 Å². The molecule has 0 aliphatic heterocycles. The molecule has 3 aromatic rings. The molecule has 0 aromatic heterocycles. The molecule has 0 aliphatic carbocycles. The summed E-state index contributed by atoms with van der Waals surface area (Å²) in [5.41, 5.74) is -0.274. The summed E-state index contributed by atoms with van der Waals surface area (Å²) in [6, 6.07) is 15.9. The largest absolute Gasteiger partial charge is 0.345 e. The third kappa shape index (κ3) is 3.74. The maximum Gasteiger partial charge on any atom is 0.277 e. The number of nitrogens with zero attached hydrogens (tertiary/aromatic N) is 2. The van der Waals surface area contributed by atoms with Crippen molar-refractivity contribution in [2.45, 2.75) is 13.0 Å². The minimum absolute atomic E-state index is 0.136. The maximum atomic E-state index is 12.6. The fourth-order valence-electron chi connectivity index (χ4n) is 2.92. The van der Waals surface area contributed by atoms with E-state index in [1.54, 1.807) is 6.92 Å². The molecule has 0 saturated heterocycles. The van der Waals surface area contributed by atoms with Crippen LogP contribution in [0.4, 0.5) is 11.4 Å². The van der Waals surface area contributed by atoms with Crippen LogP contribution in [0.2, 0.25) is 0 Å². The lowest BCUT2D eigenvalue weighted by Crippen LogP contribution is -2.27. The highest BCUT2D eigenvalue weighted by atomic mass is 16.6. The normalized spacial score (nSPS) is 11.7. The van der Waals surface area contributed by atoms with Gasteiger partial charge in [-0.05, 0) is 23.3 Å². The van der Waals surface area contributed by atoms with E-state index in [1.165, 1.54) is 0 Å². The topological polar surface area (TPSA) is 115 Å². The molecule has 3 aromatic carbocycles. The van der Waals surface area contributed by atoms with Crippen LogP contribution in [0.5, 0.6) is 0 Å². The molecule has 1 atom stereocenters. The van der Waals surface area contributed by atoms with Crippen molar-refractivity contribution in [1.29, 1.82) is 0 Å². The number of nitrogens with one attached hydrogen (secondary N) is 1. The predicted octanol–water partition coefficient (Wildman–Crippen LogP) is 4.15. The number of hydrogen-bond acceptors (Lipinski definition) is 5. The Hall–Kier alpha value is -3.81. The second-order valence-electron chi connectivity index (χ2n) is 6.02. The number of benzene rings is 3. The van der Waals surface area contributed by atoms with Gasteiger partial charge in [-0.3, -0.25) is 25.0 Å². The van der Waals surface area contributed by atoms with E-state index < -0.39 is 33.2 Å². The van der Waals surface area contributed by atoms with Crippen LogP contribution in [0.3, 0.4) is 0 Å². The van der Waals surface area contributed by atoms with E-state index >= 15 is 0 Å². The summed E-state index contributed by atoms with van der Waals surface area (Å²) >= 11 is 0. The Kier molecular flexibility index (Phi) is 4.80. The molecular formula is C19H15N3O5. The fraction of sp³-hybridized carbons (Fsp3) is 0.105. The fourth-order valence-corrected chi connectivity index (χ4v) is 2.92. The van der Waals surface area contributed by atoms with Crippen molar-refractivity contribution in [1.82, 2.24) is 5.32 Å². The number of nitro groups is 2. The van der Waals surface area contributed by atoms with E-state index in [0.717, 1.165) is 34.5 Å². The number of nitro benzene ring substituents is 2. The zero-order valence-electron chi connectivity index (χ0n) is 14.3. The van der Waals surface area contributed by atoms with Gasteiger partial charge in [0.2, 0.25) is 0 Å². The molecule has 0 aliphatic rings. The molecule has 8 nitrogen and oxygen atoms in total. The molecule has 8 heteroatoms. The number of non-ortho nitro benzene ring substituents is 2. The standard InChI is InChI=1S/C19H15N3O5/c1-12(17-8-4-6-13-5-2-3-7-18(13)17)20-19(23)14-9-15(21(24)25)11-16(10-14)22(26)27/h2-12H,1H3,(H,20,23)/t12-/m1/s1. The van der Waals surface area contributed by atoms with Gasteiger partial charge in [-0.15, -0.1) is 0 Å². The smallest absolute Gasteiger partial charge is 0.277 e. The Balaban J connectivity index is 1.92. The second-order valence-corrected chi connectivity index (χ2v) is 6.02. The van der Waals surface area contributed by atoms with Gasteiger partial charge in [-0.1, -0.05) is 42.5 Å². The SMILES string of the molecule is C[C@@H](NC(=O)c1cc([N+](=O)[O-])cc([N+](=O)[O-])c1)c1cccc2ccccc12. The average Bonchev–Trinajstić information content (AvgIpc) is 2.66. The Bertz CT molecular complexity index is 1030. The van der Waals surface area contributed by atoms with Crippen molar-refractivity contribution in [3.63, 3.8) is 0 Å². The number of fused-ring (bicyclic) bond motifs is 1. The molecule has 0 bridgehead atoms.